The molecule has 0 heterocycles. The Hall–Kier alpha value is -0.820. The summed E-state index contributed by atoms with van der Waals surface area (Å²) >= 11 is 0. The first-order valence-electron chi connectivity index (χ1n) is 7.66. The van der Waals surface area contributed by atoms with E-state index in [1.54, 1.807) is 11.1 Å². The summed E-state index contributed by atoms with van der Waals surface area (Å²) in [5.41, 5.74) is 3.15. The van der Waals surface area contributed by atoms with Gasteiger partial charge >= 0.3 is 0 Å². The van der Waals surface area contributed by atoms with Crippen LogP contribution in [0.15, 0.2) is 24.3 Å². The molecule has 1 nitrogen and oxygen atoms in total. The molecule has 1 aromatic rings. The second-order valence-electron chi connectivity index (χ2n) is 6.24. The van der Waals surface area contributed by atoms with Crippen LogP contribution < -0.4 is 5.32 Å². The predicted molar refractivity (Wildman–Crippen MR) is 76.8 cm³/mol. The van der Waals surface area contributed by atoms with Gasteiger partial charge in [-0.1, -0.05) is 44.0 Å². The molecule has 0 amide bonds. The maximum Gasteiger partial charge on any atom is 0.0113 e. The zero-order chi connectivity index (χ0) is 12.4. The van der Waals surface area contributed by atoms with Gasteiger partial charge in [0.05, 0.1) is 0 Å². The normalized spacial score (nSPS) is 31.9. The van der Waals surface area contributed by atoms with E-state index in [9.17, 15) is 0 Å². The fraction of sp³-hybridized carbons (Fsp3) is 0.647. The Kier molecular flexibility index (Phi) is 3.69. The molecule has 1 N–H and O–H groups in total. The van der Waals surface area contributed by atoms with Crippen LogP contribution in [-0.2, 0) is 12.8 Å². The third kappa shape index (κ3) is 2.61. The Balaban J connectivity index is 1.62. The molecular weight excluding hydrogens is 218 g/mol. The average Bonchev–Trinajstić information content (AvgIpc) is 2.41. The fourth-order valence-corrected chi connectivity index (χ4v) is 3.71. The molecule has 3 atom stereocenters. The van der Waals surface area contributed by atoms with Gasteiger partial charge in [-0.3, -0.25) is 0 Å². The van der Waals surface area contributed by atoms with E-state index in [-0.39, 0.29) is 0 Å². The van der Waals surface area contributed by atoms with Crippen LogP contribution in [-0.4, -0.2) is 12.1 Å². The molecule has 0 aliphatic heterocycles. The second kappa shape index (κ2) is 5.44. The van der Waals surface area contributed by atoms with E-state index in [0.29, 0.717) is 6.04 Å². The number of hydrogen-bond acceptors (Lipinski definition) is 1. The van der Waals surface area contributed by atoms with Gasteiger partial charge < -0.3 is 5.32 Å². The third-order valence-corrected chi connectivity index (χ3v) is 4.91. The summed E-state index contributed by atoms with van der Waals surface area (Å²) in [4.78, 5) is 0. The predicted octanol–water partition coefficient (Wildman–Crippen LogP) is 3.71. The Morgan fingerprint density at radius 2 is 1.78 bits per heavy atom. The zero-order valence-electron chi connectivity index (χ0n) is 11.5. The first-order chi connectivity index (χ1) is 8.83. The van der Waals surface area contributed by atoms with Gasteiger partial charge in [0.25, 0.3) is 0 Å². The van der Waals surface area contributed by atoms with Crippen LogP contribution in [0, 0.1) is 5.92 Å². The first-order valence-corrected chi connectivity index (χ1v) is 7.66. The maximum absolute atomic E-state index is 3.95. The maximum atomic E-state index is 3.95. The summed E-state index contributed by atoms with van der Waals surface area (Å²) in [6.45, 7) is 2.42. The van der Waals surface area contributed by atoms with E-state index in [2.05, 4.69) is 36.5 Å². The first kappa shape index (κ1) is 12.2. The molecule has 0 spiro atoms. The zero-order valence-corrected chi connectivity index (χ0v) is 11.5. The average molecular weight is 243 g/mol. The summed E-state index contributed by atoms with van der Waals surface area (Å²) in [6.07, 6.45) is 9.48. The molecule has 18 heavy (non-hydrogen) atoms. The summed E-state index contributed by atoms with van der Waals surface area (Å²) in [5.74, 6) is 0.871. The highest BCUT2D eigenvalue weighted by Gasteiger charge is 2.25. The van der Waals surface area contributed by atoms with Crippen molar-refractivity contribution in [2.24, 2.45) is 5.92 Å². The van der Waals surface area contributed by atoms with Crippen LogP contribution in [0.4, 0.5) is 0 Å². The number of nitrogens with one attached hydrogen (secondary N) is 1. The molecule has 2 aliphatic rings. The number of fused-ring (bicyclic) bond motifs is 1. The summed E-state index contributed by atoms with van der Waals surface area (Å²) < 4.78 is 0. The highest BCUT2D eigenvalue weighted by atomic mass is 15.0. The van der Waals surface area contributed by atoms with Crippen molar-refractivity contribution in [3.63, 3.8) is 0 Å². The lowest BCUT2D eigenvalue weighted by atomic mass is 9.83. The lowest BCUT2D eigenvalue weighted by molar-refractivity contribution is 0.249. The van der Waals surface area contributed by atoms with E-state index in [0.717, 1.165) is 12.0 Å². The monoisotopic (exact) mass is 243 g/mol. The standard InChI is InChI=1S/C17H25N/c1-13-6-2-5-9-17(13)18-16-11-10-14-7-3-4-8-15(14)12-16/h3-4,7-8,13,16-18H,2,5-6,9-12H2,1H3. The quantitative estimate of drug-likeness (QED) is 0.835. The minimum atomic E-state index is 0.713. The van der Waals surface area contributed by atoms with Gasteiger partial charge in [0.1, 0.15) is 0 Å². The minimum Gasteiger partial charge on any atom is -0.311 e. The highest BCUT2D eigenvalue weighted by Crippen LogP contribution is 2.27. The van der Waals surface area contributed by atoms with Crippen LogP contribution in [0.3, 0.4) is 0 Å². The van der Waals surface area contributed by atoms with Gasteiger partial charge in [0.2, 0.25) is 0 Å². The largest absolute Gasteiger partial charge is 0.311 e. The van der Waals surface area contributed by atoms with Crippen molar-refractivity contribution in [3.8, 4) is 0 Å². The number of rotatable bonds is 2. The smallest absolute Gasteiger partial charge is 0.0113 e. The van der Waals surface area contributed by atoms with E-state index in [4.69, 9.17) is 0 Å². The van der Waals surface area contributed by atoms with Gasteiger partial charge in [-0.05, 0) is 49.1 Å². The van der Waals surface area contributed by atoms with Gasteiger partial charge in [0.15, 0.2) is 0 Å². The van der Waals surface area contributed by atoms with Crippen molar-refractivity contribution in [3.05, 3.63) is 35.4 Å². The highest BCUT2D eigenvalue weighted by molar-refractivity contribution is 5.30. The molecule has 3 unspecified atom stereocenters. The van der Waals surface area contributed by atoms with E-state index >= 15 is 0 Å². The molecular formula is C17H25N. The van der Waals surface area contributed by atoms with Gasteiger partial charge in [-0.25, -0.2) is 0 Å². The summed E-state index contributed by atoms with van der Waals surface area (Å²) in [5, 5.41) is 3.95. The van der Waals surface area contributed by atoms with Crippen molar-refractivity contribution < 1.29 is 0 Å². The number of benzene rings is 1. The Labute approximate surface area is 111 Å². The molecule has 2 aliphatic carbocycles. The van der Waals surface area contributed by atoms with Crippen LogP contribution in [0.2, 0.25) is 0 Å². The van der Waals surface area contributed by atoms with Gasteiger partial charge in [-0.15, -0.1) is 0 Å². The van der Waals surface area contributed by atoms with Crippen molar-refractivity contribution in [2.75, 3.05) is 0 Å². The molecule has 0 bridgehead atoms. The number of aryl methyl sites for hydroxylation is 1. The van der Waals surface area contributed by atoms with Crippen LogP contribution in [0.5, 0.6) is 0 Å². The van der Waals surface area contributed by atoms with Crippen molar-refractivity contribution in [2.45, 2.75) is 64.0 Å². The van der Waals surface area contributed by atoms with Crippen molar-refractivity contribution >= 4 is 0 Å². The van der Waals surface area contributed by atoms with E-state index < -0.39 is 0 Å². The van der Waals surface area contributed by atoms with Crippen LogP contribution in [0.1, 0.15) is 50.2 Å². The molecule has 3 rings (SSSR count). The molecule has 0 saturated heterocycles. The Morgan fingerprint density at radius 3 is 2.61 bits per heavy atom. The molecule has 0 radical (unpaired) electrons. The third-order valence-electron chi connectivity index (χ3n) is 4.91. The van der Waals surface area contributed by atoms with Crippen LogP contribution in [0.25, 0.3) is 0 Å². The Bertz CT molecular complexity index is 398. The summed E-state index contributed by atoms with van der Waals surface area (Å²) in [7, 11) is 0. The van der Waals surface area contributed by atoms with Gasteiger partial charge in [-0.2, -0.15) is 0 Å². The van der Waals surface area contributed by atoms with E-state index in [1.807, 2.05) is 0 Å². The van der Waals surface area contributed by atoms with Crippen LogP contribution >= 0.6 is 0 Å². The lowest BCUT2D eigenvalue weighted by Crippen LogP contribution is -2.45. The lowest BCUT2D eigenvalue weighted by Gasteiger charge is -2.35. The summed E-state index contributed by atoms with van der Waals surface area (Å²) in [6, 6.07) is 10.5. The molecule has 98 valence electrons. The van der Waals surface area contributed by atoms with Crippen molar-refractivity contribution in [1.82, 2.24) is 5.32 Å². The molecule has 1 saturated carbocycles. The van der Waals surface area contributed by atoms with Gasteiger partial charge in [0, 0.05) is 12.1 Å². The topological polar surface area (TPSA) is 12.0 Å². The van der Waals surface area contributed by atoms with E-state index in [1.165, 1.54) is 44.9 Å². The molecule has 1 heteroatoms. The second-order valence-corrected chi connectivity index (χ2v) is 6.24. The molecule has 0 aromatic heterocycles. The SMILES string of the molecule is CC1CCCCC1NC1CCc2ccccc2C1. The minimum absolute atomic E-state index is 0.713. The Morgan fingerprint density at radius 1 is 1.00 bits per heavy atom. The number of hydrogen-bond donors (Lipinski definition) is 1. The molecule has 1 aromatic carbocycles. The molecule has 1 fully saturated rings. The fourth-order valence-electron chi connectivity index (χ4n) is 3.71. The van der Waals surface area contributed by atoms with Crippen molar-refractivity contribution in [1.29, 1.82) is 0 Å².